The fourth-order valence-corrected chi connectivity index (χ4v) is 5.73. The third-order valence-corrected chi connectivity index (χ3v) is 8.05. The number of rotatable bonds is 12. The zero-order chi connectivity index (χ0) is 30.6. The highest BCUT2D eigenvalue weighted by Crippen LogP contribution is 2.27. The first kappa shape index (κ1) is 32.9. The molecule has 42 heavy (non-hydrogen) atoms. The molecule has 1 aromatic carbocycles. The van der Waals surface area contributed by atoms with Crippen LogP contribution in [0.15, 0.2) is 35.1 Å². The molecule has 0 aliphatic carbocycles. The Labute approximate surface area is 252 Å². The van der Waals surface area contributed by atoms with Crippen molar-refractivity contribution in [2.45, 2.75) is 71.8 Å². The molecule has 10 nitrogen and oxygen atoms in total. The van der Waals surface area contributed by atoms with Crippen molar-refractivity contribution in [2.24, 2.45) is 5.73 Å². The van der Waals surface area contributed by atoms with E-state index in [0.29, 0.717) is 25.1 Å². The Balaban J connectivity index is 0.000000235. The van der Waals surface area contributed by atoms with E-state index < -0.39 is 5.91 Å². The minimum atomic E-state index is -0.431. The Morgan fingerprint density at radius 1 is 1.21 bits per heavy atom. The van der Waals surface area contributed by atoms with Crippen LogP contribution in [-0.4, -0.2) is 70.5 Å². The summed E-state index contributed by atoms with van der Waals surface area (Å²) in [4.78, 5) is 42.7. The van der Waals surface area contributed by atoms with Crippen LogP contribution in [0.25, 0.3) is 0 Å². The van der Waals surface area contributed by atoms with E-state index >= 15 is 0 Å². The molecule has 11 heteroatoms. The molecule has 0 radical (unpaired) electrons. The third-order valence-electron chi connectivity index (χ3n) is 7.14. The molecule has 0 spiro atoms. The second-order valence-corrected chi connectivity index (χ2v) is 11.8. The van der Waals surface area contributed by atoms with E-state index in [-0.39, 0.29) is 16.7 Å². The van der Waals surface area contributed by atoms with Crippen LogP contribution in [-0.2, 0) is 24.2 Å². The summed E-state index contributed by atoms with van der Waals surface area (Å²) in [5.41, 5.74) is 10.4. The first-order valence-corrected chi connectivity index (χ1v) is 15.4. The number of amides is 2. The zero-order valence-corrected chi connectivity index (χ0v) is 26.3. The Hall–Kier alpha value is -3.57. The summed E-state index contributed by atoms with van der Waals surface area (Å²) in [6, 6.07) is 9.00. The molecule has 0 unspecified atom stereocenters. The highest BCUT2D eigenvalue weighted by atomic mass is 32.1. The van der Waals surface area contributed by atoms with Crippen LogP contribution in [0.1, 0.15) is 83.3 Å². The number of benzene rings is 1. The van der Waals surface area contributed by atoms with Gasteiger partial charge in [0.1, 0.15) is 17.4 Å². The monoisotopic (exact) mass is 596 g/mol. The molecule has 3 aromatic rings. The summed E-state index contributed by atoms with van der Waals surface area (Å²) >= 11 is 1.15. The highest BCUT2D eigenvalue weighted by molar-refractivity contribution is 7.08. The fraction of sp³-hybridized carbons (Fsp3) is 0.516. The number of primary amides is 1. The largest absolute Gasteiger partial charge is 0.489 e. The van der Waals surface area contributed by atoms with Crippen molar-refractivity contribution in [1.82, 2.24) is 25.0 Å². The molecule has 3 N–H and O–H groups in total. The number of nitrogens with two attached hydrogens (primary N) is 1. The number of carbonyl (C=O) groups is 2. The standard InChI is InChI=1S/C19H24N2O2.C12H20N4O2S/c1-4-6-17-15(11-13(3)21-18(17)5-2)12-23-16-9-7-14(8-10-16)19(20)22;1-15(2)6-3-4-10(17)16-7-5-9(8-16)11-13-14-12(18)19-11/h7-11H,4-6,12H2,1-3H3,(H2,20,22);9H,3-8H2,1-2H3,(H,14,18)/t;9-/m.1/s1. The second kappa shape index (κ2) is 16.2. The van der Waals surface area contributed by atoms with Crippen molar-refractivity contribution in [1.29, 1.82) is 0 Å². The van der Waals surface area contributed by atoms with Crippen LogP contribution >= 0.6 is 11.3 Å². The van der Waals surface area contributed by atoms with Gasteiger partial charge in [-0.15, -0.1) is 0 Å². The number of hydrogen-bond acceptors (Lipinski definition) is 8. The molecule has 1 aliphatic rings. The second-order valence-electron chi connectivity index (χ2n) is 10.8. The van der Waals surface area contributed by atoms with Crippen LogP contribution in [0.4, 0.5) is 0 Å². The lowest BCUT2D eigenvalue weighted by molar-refractivity contribution is -0.130. The maximum atomic E-state index is 12.0. The molecule has 1 aliphatic heterocycles. The van der Waals surface area contributed by atoms with E-state index in [4.69, 9.17) is 10.5 Å². The summed E-state index contributed by atoms with van der Waals surface area (Å²) in [7, 11) is 4.02. The SMILES string of the molecule is CCCc1c(COc2ccc(C(N)=O)cc2)cc(C)nc1CC.CN(C)CCCC(=O)N1CC[C@@H](c2n[nH]c(=O)s2)C1. The van der Waals surface area contributed by atoms with E-state index in [1.54, 1.807) is 24.3 Å². The molecule has 4 rings (SSSR count). The Kier molecular flexibility index (Phi) is 12.7. The number of aromatic amines is 1. The van der Waals surface area contributed by atoms with Gasteiger partial charge in [-0.05, 0) is 94.7 Å². The normalized spacial score (nSPS) is 14.5. The van der Waals surface area contributed by atoms with Gasteiger partial charge < -0.3 is 20.3 Å². The van der Waals surface area contributed by atoms with Crippen molar-refractivity contribution in [2.75, 3.05) is 33.7 Å². The minimum Gasteiger partial charge on any atom is -0.489 e. The van der Waals surface area contributed by atoms with Gasteiger partial charge in [-0.1, -0.05) is 31.6 Å². The average Bonchev–Trinajstić information content (AvgIpc) is 3.63. The van der Waals surface area contributed by atoms with Gasteiger partial charge in [0, 0.05) is 42.4 Å². The van der Waals surface area contributed by atoms with Crippen molar-refractivity contribution >= 4 is 23.2 Å². The lowest BCUT2D eigenvalue weighted by Gasteiger charge is -2.16. The molecule has 0 bridgehead atoms. The van der Waals surface area contributed by atoms with Crippen molar-refractivity contribution in [3.63, 3.8) is 0 Å². The highest BCUT2D eigenvalue weighted by Gasteiger charge is 2.29. The Bertz CT molecular complexity index is 1370. The van der Waals surface area contributed by atoms with Crippen LogP contribution in [0.3, 0.4) is 0 Å². The van der Waals surface area contributed by atoms with Gasteiger partial charge in [0.15, 0.2) is 0 Å². The molecular formula is C31H44N6O4S. The van der Waals surface area contributed by atoms with Gasteiger partial charge in [0.2, 0.25) is 11.8 Å². The number of aryl methyl sites for hydroxylation is 2. The Morgan fingerprint density at radius 3 is 2.55 bits per heavy atom. The molecule has 3 heterocycles. The lowest BCUT2D eigenvalue weighted by atomic mass is 10.00. The molecule has 1 saturated heterocycles. The van der Waals surface area contributed by atoms with Crippen molar-refractivity contribution in [3.05, 3.63) is 73.1 Å². The number of hydrogen-bond donors (Lipinski definition) is 2. The summed E-state index contributed by atoms with van der Waals surface area (Å²) in [5.74, 6) is 0.734. The summed E-state index contributed by atoms with van der Waals surface area (Å²) in [6.45, 7) is 9.23. The van der Waals surface area contributed by atoms with Gasteiger partial charge in [0.05, 0.1) is 0 Å². The summed E-state index contributed by atoms with van der Waals surface area (Å²) < 4.78 is 5.89. The van der Waals surface area contributed by atoms with Gasteiger partial charge in [0.25, 0.3) is 0 Å². The van der Waals surface area contributed by atoms with Crippen LogP contribution < -0.4 is 15.3 Å². The van der Waals surface area contributed by atoms with Gasteiger partial charge in [-0.3, -0.25) is 19.4 Å². The number of carbonyl (C=O) groups excluding carboxylic acids is 2. The fourth-order valence-electron chi connectivity index (χ4n) is 5.00. The molecule has 1 atom stereocenters. The van der Waals surface area contributed by atoms with Crippen LogP contribution in [0.2, 0.25) is 0 Å². The van der Waals surface area contributed by atoms with Gasteiger partial charge >= 0.3 is 4.87 Å². The van der Waals surface area contributed by atoms with Crippen LogP contribution in [0, 0.1) is 6.92 Å². The molecule has 1 fully saturated rings. The summed E-state index contributed by atoms with van der Waals surface area (Å²) in [5, 5.41) is 7.28. The van der Waals surface area contributed by atoms with E-state index in [1.165, 1.54) is 11.1 Å². The molecule has 2 aromatic heterocycles. The number of ether oxygens (including phenoxy) is 1. The molecule has 2 amide bonds. The Morgan fingerprint density at radius 2 is 1.95 bits per heavy atom. The number of H-pyrrole nitrogens is 1. The van der Waals surface area contributed by atoms with E-state index in [1.807, 2.05) is 25.9 Å². The average molecular weight is 597 g/mol. The number of nitrogens with one attached hydrogen (secondary N) is 1. The number of aromatic nitrogens is 3. The van der Waals surface area contributed by atoms with E-state index in [2.05, 4.69) is 40.0 Å². The maximum Gasteiger partial charge on any atom is 0.322 e. The minimum absolute atomic E-state index is 0.120. The van der Waals surface area contributed by atoms with E-state index in [0.717, 1.165) is 78.7 Å². The topological polar surface area (TPSA) is 135 Å². The van der Waals surface area contributed by atoms with E-state index in [9.17, 15) is 14.4 Å². The predicted molar refractivity (Wildman–Crippen MR) is 166 cm³/mol. The smallest absolute Gasteiger partial charge is 0.322 e. The first-order valence-electron chi connectivity index (χ1n) is 14.6. The number of pyridine rings is 1. The lowest BCUT2D eigenvalue weighted by Crippen LogP contribution is -2.29. The molecule has 228 valence electrons. The predicted octanol–water partition coefficient (Wildman–Crippen LogP) is 4.07. The zero-order valence-electron chi connectivity index (χ0n) is 25.4. The van der Waals surface area contributed by atoms with Crippen LogP contribution in [0.5, 0.6) is 5.75 Å². The van der Waals surface area contributed by atoms with Crippen molar-refractivity contribution in [3.8, 4) is 5.75 Å². The number of likely N-dealkylation sites (tertiary alicyclic amines) is 1. The molecular weight excluding hydrogens is 552 g/mol. The third kappa shape index (κ3) is 9.77. The van der Waals surface area contributed by atoms with Gasteiger partial charge in [-0.25, -0.2) is 5.10 Å². The quantitative estimate of drug-likeness (QED) is 0.322. The number of nitrogens with zero attached hydrogens (tertiary/aromatic N) is 4. The van der Waals surface area contributed by atoms with Gasteiger partial charge in [-0.2, -0.15) is 5.10 Å². The first-order chi connectivity index (χ1) is 20.1. The maximum absolute atomic E-state index is 12.0. The van der Waals surface area contributed by atoms with Crippen molar-refractivity contribution < 1.29 is 14.3 Å². The molecule has 0 saturated carbocycles. The summed E-state index contributed by atoms with van der Waals surface area (Å²) in [6.07, 6.45) is 5.41.